The smallest absolute Gasteiger partial charge is 0.339 e. The highest BCUT2D eigenvalue weighted by atomic mass is 35.5. The van der Waals surface area contributed by atoms with Crippen molar-refractivity contribution in [2.75, 3.05) is 7.11 Å². The normalized spacial score (nSPS) is 11.1. The molecule has 2 rings (SSSR count). The molecule has 90 valence electrons. The Labute approximate surface area is 104 Å². The fourth-order valence-electron chi connectivity index (χ4n) is 1.71. The standard InChI is InChI=1S/C12H13ClN2O2/c1-7(2)15-6-10(13)9-4-8(12(16)17-3)5-14-11(9)15/h4-7H,1-3H3. The summed E-state index contributed by atoms with van der Waals surface area (Å²) >= 11 is 6.13. The van der Waals surface area contributed by atoms with Crippen molar-refractivity contribution >= 4 is 28.6 Å². The topological polar surface area (TPSA) is 44.1 Å². The van der Waals surface area contributed by atoms with Gasteiger partial charge in [-0.1, -0.05) is 11.6 Å². The number of fused-ring (bicyclic) bond motifs is 1. The number of esters is 1. The van der Waals surface area contributed by atoms with Crippen LogP contribution >= 0.6 is 11.6 Å². The third kappa shape index (κ3) is 2.00. The number of rotatable bonds is 2. The van der Waals surface area contributed by atoms with Gasteiger partial charge < -0.3 is 9.30 Å². The van der Waals surface area contributed by atoms with Crippen LogP contribution in [0.3, 0.4) is 0 Å². The highest BCUT2D eigenvalue weighted by molar-refractivity contribution is 6.35. The molecule has 0 bridgehead atoms. The van der Waals surface area contributed by atoms with Gasteiger partial charge in [-0.25, -0.2) is 9.78 Å². The summed E-state index contributed by atoms with van der Waals surface area (Å²) in [5.74, 6) is -0.409. The van der Waals surface area contributed by atoms with Gasteiger partial charge >= 0.3 is 5.97 Å². The summed E-state index contributed by atoms with van der Waals surface area (Å²) in [5, 5.41) is 1.36. The number of aromatic nitrogens is 2. The Bertz CT molecular complexity index is 575. The van der Waals surface area contributed by atoms with Crippen LogP contribution in [-0.4, -0.2) is 22.6 Å². The first-order chi connectivity index (χ1) is 8.04. The third-order valence-corrected chi connectivity index (χ3v) is 2.90. The minimum absolute atomic E-state index is 0.265. The molecule has 4 nitrogen and oxygen atoms in total. The average Bonchev–Trinajstić information content (AvgIpc) is 2.65. The molecule has 17 heavy (non-hydrogen) atoms. The number of carbonyl (C=O) groups is 1. The van der Waals surface area contributed by atoms with Crippen LogP contribution in [0.4, 0.5) is 0 Å². The third-order valence-electron chi connectivity index (χ3n) is 2.60. The molecule has 0 N–H and O–H groups in total. The number of pyridine rings is 1. The number of nitrogens with zero attached hydrogens (tertiary/aromatic N) is 2. The number of hydrogen-bond acceptors (Lipinski definition) is 3. The van der Waals surface area contributed by atoms with Crippen molar-refractivity contribution in [3.63, 3.8) is 0 Å². The molecule has 0 aliphatic rings. The first kappa shape index (κ1) is 11.9. The zero-order chi connectivity index (χ0) is 12.6. The van der Waals surface area contributed by atoms with Gasteiger partial charge in [0.25, 0.3) is 0 Å². The van der Waals surface area contributed by atoms with Gasteiger partial charge in [-0.3, -0.25) is 0 Å². The van der Waals surface area contributed by atoms with Crippen molar-refractivity contribution < 1.29 is 9.53 Å². The van der Waals surface area contributed by atoms with E-state index in [1.165, 1.54) is 13.3 Å². The van der Waals surface area contributed by atoms with Crippen molar-refractivity contribution in [2.45, 2.75) is 19.9 Å². The zero-order valence-corrected chi connectivity index (χ0v) is 10.7. The van der Waals surface area contributed by atoms with Crippen LogP contribution in [0, 0.1) is 0 Å². The Hall–Kier alpha value is -1.55. The van der Waals surface area contributed by atoms with Crippen molar-refractivity contribution in [1.82, 2.24) is 9.55 Å². The molecule has 0 unspecified atom stereocenters. The van der Waals surface area contributed by atoms with Crippen LogP contribution in [0.1, 0.15) is 30.2 Å². The molecule has 0 fully saturated rings. The number of hydrogen-bond donors (Lipinski definition) is 0. The van der Waals surface area contributed by atoms with E-state index in [9.17, 15) is 4.79 Å². The number of ether oxygens (including phenoxy) is 1. The van der Waals surface area contributed by atoms with E-state index < -0.39 is 5.97 Å². The zero-order valence-electron chi connectivity index (χ0n) is 9.90. The van der Waals surface area contributed by atoms with Gasteiger partial charge in [-0.2, -0.15) is 0 Å². The van der Waals surface area contributed by atoms with Crippen molar-refractivity contribution in [3.05, 3.63) is 29.0 Å². The van der Waals surface area contributed by atoms with Crippen LogP contribution in [0.2, 0.25) is 5.02 Å². The highest BCUT2D eigenvalue weighted by Gasteiger charge is 2.14. The number of carbonyl (C=O) groups excluding carboxylic acids is 1. The van der Waals surface area contributed by atoms with Crippen LogP contribution in [0.5, 0.6) is 0 Å². The molecule has 0 radical (unpaired) electrons. The molecule has 0 aliphatic heterocycles. The van der Waals surface area contributed by atoms with Crippen LogP contribution in [-0.2, 0) is 4.74 Å². The summed E-state index contributed by atoms with van der Waals surface area (Å²) in [7, 11) is 1.34. The van der Waals surface area contributed by atoms with Gasteiger partial charge in [-0.15, -0.1) is 0 Å². The fraction of sp³-hybridized carbons (Fsp3) is 0.333. The molecule has 2 aromatic heterocycles. The maximum Gasteiger partial charge on any atom is 0.339 e. The lowest BCUT2D eigenvalue weighted by atomic mass is 10.2. The second-order valence-electron chi connectivity index (χ2n) is 4.06. The van der Waals surface area contributed by atoms with E-state index in [2.05, 4.69) is 9.72 Å². The molecular formula is C12H13ClN2O2. The Morgan fingerprint density at radius 3 is 2.82 bits per heavy atom. The van der Waals surface area contributed by atoms with Crippen LogP contribution in [0.15, 0.2) is 18.5 Å². The average molecular weight is 253 g/mol. The van der Waals surface area contributed by atoms with Crippen LogP contribution in [0.25, 0.3) is 11.0 Å². The molecule has 0 spiro atoms. The second-order valence-corrected chi connectivity index (χ2v) is 4.47. The molecule has 0 saturated heterocycles. The van der Waals surface area contributed by atoms with E-state index in [4.69, 9.17) is 11.6 Å². The summed E-state index contributed by atoms with van der Waals surface area (Å²) in [6.07, 6.45) is 3.33. The van der Waals surface area contributed by atoms with Gasteiger partial charge in [0, 0.05) is 23.8 Å². The Morgan fingerprint density at radius 2 is 2.24 bits per heavy atom. The number of halogens is 1. The predicted molar refractivity (Wildman–Crippen MR) is 66.5 cm³/mol. The summed E-state index contributed by atoms with van der Waals surface area (Å²) in [4.78, 5) is 15.7. The molecule has 0 aliphatic carbocycles. The number of methoxy groups -OCH3 is 1. The summed E-state index contributed by atoms with van der Waals surface area (Å²) in [6.45, 7) is 4.09. The lowest BCUT2D eigenvalue weighted by Gasteiger charge is -2.07. The minimum atomic E-state index is -0.409. The lowest BCUT2D eigenvalue weighted by Crippen LogP contribution is -2.03. The Morgan fingerprint density at radius 1 is 1.53 bits per heavy atom. The van der Waals surface area contributed by atoms with E-state index in [-0.39, 0.29) is 6.04 Å². The fourth-order valence-corrected chi connectivity index (χ4v) is 1.96. The summed E-state index contributed by atoms with van der Waals surface area (Å²) in [6, 6.07) is 1.97. The Balaban J connectivity index is 2.63. The van der Waals surface area contributed by atoms with Gasteiger partial charge in [0.05, 0.1) is 17.7 Å². The molecule has 5 heteroatoms. The molecule has 0 saturated carbocycles. The highest BCUT2D eigenvalue weighted by Crippen LogP contribution is 2.27. The van der Waals surface area contributed by atoms with Gasteiger partial charge in [0.1, 0.15) is 5.65 Å². The van der Waals surface area contributed by atoms with Crippen molar-refractivity contribution in [1.29, 1.82) is 0 Å². The first-order valence-corrected chi connectivity index (χ1v) is 5.66. The monoisotopic (exact) mass is 252 g/mol. The molecule has 0 aromatic carbocycles. The predicted octanol–water partition coefficient (Wildman–Crippen LogP) is 3.06. The minimum Gasteiger partial charge on any atom is -0.465 e. The molecule has 0 atom stereocenters. The SMILES string of the molecule is COC(=O)c1cnc2c(c1)c(Cl)cn2C(C)C. The van der Waals surface area contributed by atoms with E-state index >= 15 is 0 Å². The maximum absolute atomic E-state index is 11.4. The Kier molecular flexibility index (Phi) is 3.07. The quantitative estimate of drug-likeness (QED) is 0.772. The molecule has 0 amide bonds. The largest absolute Gasteiger partial charge is 0.465 e. The summed E-state index contributed by atoms with van der Waals surface area (Å²) in [5.41, 5.74) is 1.18. The van der Waals surface area contributed by atoms with Crippen LogP contribution < -0.4 is 0 Å². The van der Waals surface area contributed by atoms with E-state index in [0.29, 0.717) is 10.6 Å². The summed E-state index contributed by atoms with van der Waals surface area (Å²) < 4.78 is 6.62. The van der Waals surface area contributed by atoms with Gasteiger partial charge in [0.2, 0.25) is 0 Å². The lowest BCUT2D eigenvalue weighted by molar-refractivity contribution is 0.0600. The van der Waals surface area contributed by atoms with E-state index in [1.54, 1.807) is 6.07 Å². The van der Waals surface area contributed by atoms with E-state index in [0.717, 1.165) is 11.0 Å². The van der Waals surface area contributed by atoms with Gasteiger partial charge in [0.15, 0.2) is 0 Å². The van der Waals surface area contributed by atoms with Crippen molar-refractivity contribution in [3.8, 4) is 0 Å². The van der Waals surface area contributed by atoms with Crippen molar-refractivity contribution in [2.24, 2.45) is 0 Å². The molecule has 2 aromatic rings. The molecular weight excluding hydrogens is 240 g/mol. The molecule has 2 heterocycles. The van der Waals surface area contributed by atoms with Gasteiger partial charge in [-0.05, 0) is 19.9 Å². The second kappa shape index (κ2) is 4.37. The first-order valence-electron chi connectivity index (χ1n) is 5.29. The van der Waals surface area contributed by atoms with E-state index in [1.807, 2.05) is 24.6 Å². The maximum atomic E-state index is 11.4.